The third-order valence-electron chi connectivity index (χ3n) is 2.68. The lowest BCUT2D eigenvalue weighted by molar-refractivity contribution is -0.135. The zero-order valence-corrected chi connectivity index (χ0v) is 10.9. The molecule has 17 heavy (non-hydrogen) atoms. The third kappa shape index (κ3) is 3.49. The van der Waals surface area contributed by atoms with Gasteiger partial charge in [-0.25, -0.2) is 4.98 Å². The molecule has 0 atom stereocenters. The highest BCUT2D eigenvalue weighted by Gasteiger charge is 2.32. The maximum atomic E-state index is 11.5. The lowest BCUT2D eigenvalue weighted by Gasteiger charge is -2.38. The number of aromatic nitrogens is 1. The highest BCUT2D eigenvalue weighted by molar-refractivity contribution is 7.11. The SMILES string of the molecule is Cc1ncc(CNC(=O)COC2(C)CNC2)s1. The zero-order chi connectivity index (χ0) is 12.3. The number of amides is 1. The van der Waals surface area contributed by atoms with Crippen LogP contribution in [0.4, 0.5) is 0 Å². The van der Waals surface area contributed by atoms with Crippen LogP contribution in [-0.2, 0) is 16.1 Å². The highest BCUT2D eigenvalue weighted by Crippen LogP contribution is 2.14. The number of nitrogens with one attached hydrogen (secondary N) is 2. The van der Waals surface area contributed by atoms with Crippen molar-refractivity contribution < 1.29 is 9.53 Å². The molecule has 1 amide bonds. The van der Waals surface area contributed by atoms with Gasteiger partial charge in [-0.15, -0.1) is 11.3 Å². The van der Waals surface area contributed by atoms with Gasteiger partial charge >= 0.3 is 0 Å². The van der Waals surface area contributed by atoms with Gasteiger partial charge in [0.15, 0.2) is 0 Å². The van der Waals surface area contributed by atoms with Crippen LogP contribution in [0, 0.1) is 6.92 Å². The maximum absolute atomic E-state index is 11.5. The molecule has 2 heterocycles. The summed E-state index contributed by atoms with van der Waals surface area (Å²) in [5.74, 6) is -0.0795. The van der Waals surface area contributed by atoms with Crippen LogP contribution in [0.3, 0.4) is 0 Å². The number of carbonyl (C=O) groups is 1. The first-order valence-corrected chi connectivity index (χ1v) is 6.42. The van der Waals surface area contributed by atoms with Gasteiger partial charge in [-0.2, -0.15) is 0 Å². The summed E-state index contributed by atoms with van der Waals surface area (Å²) >= 11 is 1.59. The molecule has 2 N–H and O–H groups in total. The molecule has 0 unspecified atom stereocenters. The Hall–Kier alpha value is -0.980. The molecule has 0 saturated carbocycles. The Bertz CT molecular complexity index is 401. The molecule has 0 spiro atoms. The molecule has 1 aromatic rings. The van der Waals surface area contributed by atoms with Crippen molar-refractivity contribution in [2.45, 2.75) is 26.0 Å². The fourth-order valence-electron chi connectivity index (χ4n) is 1.54. The minimum atomic E-state index is -0.168. The average molecular weight is 255 g/mol. The fourth-order valence-corrected chi connectivity index (χ4v) is 2.28. The summed E-state index contributed by atoms with van der Waals surface area (Å²) in [6, 6.07) is 0. The second-order valence-corrected chi connectivity index (χ2v) is 5.78. The van der Waals surface area contributed by atoms with Gasteiger partial charge in [0.1, 0.15) is 6.61 Å². The summed E-state index contributed by atoms with van der Waals surface area (Å²) in [4.78, 5) is 16.7. The second-order valence-electron chi connectivity index (χ2n) is 4.46. The Kier molecular flexibility index (Phi) is 3.76. The standard InChI is InChI=1S/C11H17N3O2S/c1-8-13-3-9(17-8)4-14-10(15)5-16-11(2)6-12-7-11/h3,12H,4-7H2,1-2H3,(H,14,15). The topological polar surface area (TPSA) is 63.2 Å². The fraction of sp³-hybridized carbons (Fsp3) is 0.636. The Morgan fingerprint density at radius 1 is 1.71 bits per heavy atom. The Labute approximate surface area is 105 Å². The van der Waals surface area contributed by atoms with Crippen LogP contribution in [0.1, 0.15) is 16.8 Å². The van der Waals surface area contributed by atoms with Crippen molar-refractivity contribution in [3.63, 3.8) is 0 Å². The van der Waals surface area contributed by atoms with E-state index in [1.807, 2.05) is 13.8 Å². The number of hydrogen-bond acceptors (Lipinski definition) is 5. The molecule has 0 radical (unpaired) electrons. The number of thiazole rings is 1. The van der Waals surface area contributed by atoms with E-state index < -0.39 is 0 Å². The van der Waals surface area contributed by atoms with Crippen LogP contribution >= 0.6 is 11.3 Å². The van der Waals surface area contributed by atoms with Crippen molar-refractivity contribution in [1.29, 1.82) is 0 Å². The van der Waals surface area contributed by atoms with Crippen LogP contribution < -0.4 is 10.6 Å². The van der Waals surface area contributed by atoms with Crippen LogP contribution in [0.5, 0.6) is 0 Å². The molecule has 1 aliphatic heterocycles. The summed E-state index contributed by atoms with van der Waals surface area (Å²) in [5, 5.41) is 6.95. The largest absolute Gasteiger partial charge is 0.363 e. The zero-order valence-electron chi connectivity index (χ0n) is 10.1. The summed E-state index contributed by atoms with van der Waals surface area (Å²) < 4.78 is 5.53. The molecule has 1 saturated heterocycles. The summed E-state index contributed by atoms with van der Waals surface area (Å²) in [6.45, 7) is 6.23. The molecular formula is C11H17N3O2S. The molecule has 6 heteroatoms. The molecule has 5 nitrogen and oxygen atoms in total. The number of carbonyl (C=O) groups excluding carboxylic acids is 1. The van der Waals surface area contributed by atoms with Gasteiger partial charge in [0, 0.05) is 24.2 Å². The highest BCUT2D eigenvalue weighted by atomic mass is 32.1. The summed E-state index contributed by atoms with van der Waals surface area (Å²) in [7, 11) is 0. The first-order chi connectivity index (χ1) is 8.07. The van der Waals surface area contributed by atoms with E-state index in [1.54, 1.807) is 17.5 Å². The number of hydrogen-bond donors (Lipinski definition) is 2. The number of ether oxygens (including phenoxy) is 1. The quantitative estimate of drug-likeness (QED) is 0.801. The molecule has 2 rings (SSSR count). The number of nitrogens with zero attached hydrogens (tertiary/aromatic N) is 1. The van der Waals surface area contributed by atoms with E-state index in [0.29, 0.717) is 6.54 Å². The van der Waals surface area contributed by atoms with E-state index in [4.69, 9.17) is 4.74 Å². The van der Waals surface area contributed by atoms with E-state index in [1.165, 1.54) is 0 Å². The van der Waals surface area contributed by atoms with Crippen molar-refractivity contribution >= 4 is 17.2 Å². The van der Waals surface area contributed by atoms with Crippen molar-refractivity contribution in [2.75, 3.05) is 19.7 Å². The Balaban J connectivity index is 1.67. The molecule has 1 aromatic heterocycles. The maximum Gasteiger partial charge on any atom is 0.246 e. The second kappa shape index (κ2) is 5.12. The van der Waals surface area contributed by atoms with Crippen LogP contribution in [-0.4, -0.2) is 36.2 Å². The van der Waals surface area contributed by atoms with Gasteiger partial charge in [-0.05, 0) is 13.8 Å². The van der Waals surface area contributed by atoms with Gasteiger partial charge in [0.05, 0.1) is 17.2 Å². The Morgan fingerprint density at radius 3 is 3.00 bits per heavy atom. The van der Waals surface area contributed by atoms with Crippen LogP contribution in [0.2, 0.25) is 0 Å². The van der Waals surface area contributed by atoms with Gasteiger partial charge in [0.2, 0.25) is 5.91 Å². The average Bonchev–Trinajstić information content (AvgIpc) is 2.67. The molecule has 1 aliphatic rings. The molecule has 0 bridgehead atoms. The molecule has 94 valence electrons. The van der Waals surface area contributed by atoms with Crippen molar-refractivity contribution in [3.05, 3.63) is 16.1 Å². The van der Waals surface area contributed by atoms with E-state index in [0.717, 1.165) is 23.0 Å². The first-order valence-electron chi connectivity index (χ1n) is 5.60. The minimum Gasteiger partial charge on any atom is -0.363 e. The van der Waals surface area contributed by atoms with Crippen LogP contribution in [0.25, 0.3) is 0 Å². The lowest BCUT2D eigenvalue weighted by atomic mass is 10.0. The van der Waals surface area contributed by atoms with E-state index >= 15 is 0 Å². The summed E-state index contributed by atoms with van der Waals surface area (Å²) in [5.41, 5.74) is -0.168. The van der Waals surface area contributed by atoms with E-state index in [9.17, 15) is 4.79 Å². The lowest BCUT2D eigenvalue weighted by Crippen LogP contribution is -2.59. The van der Waals surface area contributed by atoms with Gasteiger partial charge in [-0.1, -0.05) is 0 Å². The van der Waals surface area contributed by atoms with Crippen LogP contribution in [0.15, 0.2) is 6.20 Å². The van der Waals surface area contributed by atoms with Gasteiger partial charge in [0.25, 0.3) is 0 Å². The molecule has 0 aromatic carbocycles. The van der Waals surface area contributed by atoms with Crippen molar-refractivity contribution in [3.8, 4) is 0 Å². The monoisotopic (exact) mass is 255 g/mol. The predicted octanol–water partition coefficient (Wildman–Crippen LogP) is 0.446. The molecular weight excluding hydrogens is 238 g/mol. The number of rotatable bonds is 5. The van der Waals surface area contributed by atoms with Gasteiger partial charge < -0.3 is 15.4 Å². The first kappa shape index (κ1) is 12.5. The van der Waals surface area contributed by atoms with Crippen molar-refractivity contribution in [1.82, 2.24) is 15.6 Å². The van der Waals surface area contributed by atoms with Crippen molar-refractivity contribution in [2.24, 2.45) is 0 Å². The molecule has 0 aliphatic carbocycles. The van der Waals surface area contributed by atoms with E-state index in [2.05, 4.69) is 15.6 Å². The molecule has 1 fully saturated rings. The number of aryl methyl sites for hydroxylation is 1. The summed E-state index contributed by atoms with van der Waals surface area (Å²) in [6.07, 6.45) is 1.79. The Morgan fingerprint density at radius 2 is 2.47 bits per heavy atom. The predicted molar refractivity (Wildman–Crippen MR) is 65.9 cm³/mol. The third-order valence-corrected chi connectivity index (χ3v) is 3.59. The normalized spacial score (nSPS) is 17.5. The smallest absolute Gasteiger partial charge is 0.246 e. The van der Waals surface area contributed by atoms with E-state index in [-0.39, 0.29) is 18.1 Å². The van der Waals surface area contributed by atoms with Gasteiger partial charge in [-0.3, -0.25) is 4.79 Å². The minimum absolute atomic E-state index is 0.0795.